The summed E-state index contributed by atoms with van der Waals surface area (Å²) in [7, 11) is 0. The van der Waals surface area contributed by atoms with Crippen molar-refractivity contribution in [2.24, 2.45) is 11.3 Å². The van der Waals surface area contributed by atoms with E-state index < -0.39 is 0 Å². The minimum Gasteiger partial charge on any atom is -0.126 e. The number of halogens is 3. The zero-order chi connectivity index (χ0) is 11.2. The molecule has 1 aromatic rings. The van der Waals surface area contributed by atoms with Gasteiger partial charge in [0.2, 0.25) is 0 Å². The molecule has 15 heavy (non-hydrogen) atoms. The normalized spacial score (nSPS) is 27.8. The first kappa shape index (κ1) is 11.6. The fourth-order valence-corrected chi connectivity index (χ4v) is 3.41. The summed E-state index contributed by atoms with van der Waals surface area (Å²) < 4.78 is 0. The Hall–Kier alpha value is 0.0900. The van der Waals surface area contributed by atoms with Gasteiger partial charge in [0.15, 0.2) is 0 Å². The topological polar surface area (TPSA) is 0 Å². The van der Waals surface area contributed by atoms with Crippen molar-refractivity contribution in [3.8, 4) is 0 Å². The van der Waals surface area contributed by atoms with Gasteiger partial charge < -0.3 is 0 Å². The van der Waals surface area contributed by atoms with Crippen LogP contribution in [0.2, 0.25) is 10.0 Å². The number of benzene rings is 1. The second-order valence-electron chi connectivity index (χ2n) is 4.70. The fourth-order valence-electron chi connectivity index (χ4n) is 2.41. The van der Waals surface area contributed by atoms with Gasteiger partial charge in [0.05, 0.1) is 10.0 Å². The molecule has 0 N–H and O–H groups in total. The molecule has 2 atom stereocenters. The lowest BCUT2D eigenvalue weighted by atomic mass is 10.0. The van der Waals surface area contributed by atoms with Crippen LogP contribution in [-0.4, -0.2) is 5.88 Å². The number of rotatable bonds is 2. The Morgan fingerprint density at radius 2 is 1.93 bits per heavy atom. The van der Waals surface area contributed by atoms with Crippen molar-refractivity contribution in [1.82, 2.24) is 0 Å². The summed E-state index contributed by atoms with van der Waals surface area (Å²) in [5, 5.41) is 1.31. The average Bonchev–Trinajstić information content (AvgIpc) is 2.73. The first-order valence-electron chi connectivity index (χ1n) is 5.00. The molecule has 3 heteroatoms. The van der Waals surface area contributed by atoms with Gasteiger partial charge in [0.25, 0.3) is 0 Å². The van der Waals surface area contributed by atoms with Crippen molar-refractivity contribution in [2.75, 3.05) is 5.88 Å². The Bertz CT molecular complexity index is 384. The summed E-state index contributed by atoms with van der Waals surface area (Å²) >= 11 is 18.2. The van der Waals surface area contributed by atoms with Crippen molar-refractivity contribution in [3.63, 3.8) is 0 Å². The Kier molecular flexibility index (Phi) is 2.96. The minimum atomic E-state index is 0.246. The third kappa shape index (κ3) is 1.77. The van der Waals surface area contributed by atoms with Crippen LogP contribution in [0, 0.1) is 11.3 Å². The number of alkyl halides is 1. The second-order valence-corrected chi connectivity index (χ2v) is 5.80. The molecule has 0 spiro atoms. The van der Waals surface area contributed by atoms with Crippen molar-refractivity contribution >= 4 is 34.8 Å². The van der Waals surface area contributed by atoms with E-state index in [1.807, 2.05) is 18.2 Å². The summed E-state index contributed by atoms with van der Waals surface area (Å²) in [4.78, 5) is 0. The lowest BCUT2D eigenvalue weighted by Gasteiger charge is -2.06. The summed E-state index contributed by atoms with van der Waals surface area (Å²) in [6.45, 7) is 4.45. The van der Waals surface area contributed by atoms with E-state index in [0.29, 0.717) is 27.8 Å². The summed E-state index contributed by atoms with van der Waals surface area (Å²) in [5.74, 6) is 1.64. The van der Waals surface area contributed by atoms with E-state index in [1.54, 1.807) is 0 Å². The van der Waals surface area contributed by atoms with E-state index in [4.69, 9.17) is 34.8 Å². The maximum Gasteiger partial charge on any atom is 0.0627 e. The summed E-state index contributed by atoms with van der Waals surface area (Å²) in [6.07, 6.45) is 0. The molecule has 1 aliphatic rings. The molecule has 1 fully saturated rings. The molecular weight excluding hydrogens is 250 g/mol. The van der Waals surface area contributed by atoms with Crippen LogP contribution in [0.5, 0.6) is 0 Å². The van der Waals surface area contributed by atoms with Gasteiger partial charge in [-0.1, -0.05) is 49.2 Å². The third-order valence-corrected chi connectivity index (χ3v) is 4.70. The summed E-state index contributed by atoms with van der Waals surface area (Å²) in [6, 6.07) is 5.81. The maximum absolute atomic E-state index is 6.20. The standard InChI is InChI=1S/C12H13Cl3/c1-12(2)8(6-13)10(12)7-4-3-5-9(14)11(7)15/h3-5,8,10H,6H2,1-2H3. The SMILES string of the molecule is CC1(C)C(CCl)C1c1cccc(Cl)c1Cl. The molecule has 1 aromatic carbocycles. The second kappa shape index (κ2) is 3.84. The molecule has 0 aromatic heterocycles. The van der Waals surface area contributed by atoms with Crippen LogP contribution < -0.4 is 0 Å². The van der Waals surface area contributed by atoms with Gasteiger partial charge in [-0.3, -0.25) is 0 Å². The quantitative estimate of drug-likeness (QED) is 0.661. The Labute approximate surface area is 106 Å². The van der Waals surface area contributed by atoms with Crippen LogP contribution >= 0.6 is 34.8 Å². The molecule has 2 rings (SSSR count). The number of hydrogen-bond acceptors (Lipinski definition) is 0. The van der Waals surface area contributed by atoms with Crippen LogP contribution in [0.1, 0.15) is 25.3 Å². The highest BCUT2D eigenvalue weighted by Crippen LogP contribution is 2.65. The smallest absolute Gasteiger partial charge is 0.0627 e. The monoisotopic (exact) mass is 262 g/mol. The van der Waals surface area contributed by atoms with Gasteiger partial charge >= 0.3 is 0 Å². The number of hydrogen-bond donors (Lipinski definition) is 0. The first-order chi connectivity index (χ1) is 7.00. The molecule has 1 aliphatic carbocycles. The zero-order valence-corrected chi connectivity index (χ0v) is 11.0. The van der Waals surface area contributed by atoms with E-state index in [1.165, 1.54) is 0 Å². The van der Waals surface area contributed by atoms with E-state index in [0.717, 1.165) is 5.56 Å². The lowest BCUT2D eigenvalue weighted by molar-refractivity contribution is 0.577. The van der Waals surface area contributed by atoms with Crippen LogP contribution in [0.15, 0.2) is 18.2 Å². The Balaban J connectivity index is 2.37. The molecule has 0 nitrogen and oxygen atoms in total. The highest BCUT2D eigenvalue weighted by molar-refractivity contribution is 6.42. The predicted molar refractivity (Wildman–Crippen MR) is 67.2 cm³/mol. The molecule has 0 radical (unpaired) electrons. The van der Waals surface area contributed by atoms with Gasteiger partial charge in [-0.25, -0.2) is 0 Å². The molecular formula is C12H13Cl3. The van der Waals surface area contributed by atoms with E-state index >= 15 is 0 Å². The summed E-state index contributed by atoms with van der Waals surface area (Å²) in [5.41, 5.74) is 1.38. The van der Waals surface area contributed by atoms with Crippen LogP contribution in [-0.2, 0) is 0 Å². The zero-order valence-electron chi connectivity index (χ0n) is 8.73. The van der Waals surface area contributed by atoms with Crippen LogP contribution in [0.4, 0.5) is 0 Å². The third-order valence-electron chi connectivity index (χ3n) is 3.53. The Morgan fingerprint density at radius 1 is 1.27 bits per heavy atom. The van der Waals surface area contributed by atoms with E-state index in [9.17, 15) is 0 Å². The highest BCUT2D eigenvalue weighted by Gasteiger charge is 2.58. The maximum atomic E-state index is 6.20. The van der Waals surface area contributed by atoms with Crippen molar-refractivity contribution in [3.05, 3.63) is 33.8 Å². The highest BCUT2D eigenvalue weighted by atomic mass is 35.5. The fraction of sp³-hybridized carbons (Fsp3) is 0.500. The molecule has 0 heterocycles. The van der Waals surface area contributed by atoms with Gasteiger partial charge in [-0.15, -0.1) is 11.6 Å². The first-order valence-corrected chi connectivity index (χ1v) is 6.29. The largest absolute Gasteiger partial charge is 0.126 e. The van der Waals surface area contributed by atoms with E-state index in [2.05, 4.69) is 13.8 Å². The molecule has 2 unspecified atom stereocenters. The van der Waals surface area contributed by atoms with Crippen molar-refractivity contribution in [1.29, 1.82) is 0 Å². The van der Waals surface area contributed by atoms with Crippen LogP contribution in [0.3, 0.4) is 0 Å². The predicted octanol–water partition coefficient (Wildman–Crippen LogP) is 4.97. The van der Waals surface area contributed by atoms with Gasteiger partial charge in [-0.05, 0) is 28.9 Å². The van der Waals surface area contributed by atoms with Crippen molar-refractivity contribution in [2.45, 2.75) is 19.8 Å². The van der Waals surface area contributed by atoms with Gasteiger partial charge in [-0.2, -0.15) is 0 Å². The average molecular weight is 264 g/mol. The molecule has 0 bridgehead atoms. The van der Waals surface area contributed by atoms with Gasteiger partial charge in [0.1, 0.15) is 0 Å². The molecule has 82 valence electrons. The molecule has 1 saturated carbocycles. The minimum absolute atomic E-state index is 0.246. The lowest BCUT2D eigenvalue weighted by Crippen LogP contribution is -1.91. The van der Waals surface area contributed by atoms with Gasteiger partial charge in [0, 0.05) is 5.88 Å². The Morgan fingerprint density at radius 3 is 2.47 bits per heavy atom. The van der Waals surface area contributed by atoms with Crippen molar-refractivity contribution < 1.29 is 0 Å². The molecule has 0 amide bonds. The van der Waals surface area contributed by atoms with E-state index in [-0.39, 0.29) is 5.41 Å². The molecule has 0 aliphatic heterocycles. The molecule has 0 saturated heterocycles. The van der Waals surface area contributed by atoms with Crippen LogP contribution in [0.25, 0.3) is 0 Å².